The van der Waals surface area contributed by atoms with Crippen molar-refractivity contribution in [2.75, 3.05) is 4.90 Å². The van der Waals surface area contributed by atoms with E-state index in [1.165, 1.54) is 88.3 Å². The Morgan fingerprint density at radius 1 is 0.361 bits per heavy atom. The van der Waals surface area contributed by atoms with Crippen molar-refractivity contribution < 1.29 is 0 Å². The van der Waals surface area contributed by atoms with Crippen molar-refractivity contribution in [1.82, 2.24) is 0 Å². The van der Waals surface area contributed by atoms with Crippen LogP contribution in [0.15, 0.2) is 237 Å². The maximum atomic E-state index is 3.36. The first-order valence-electron chi connectivity index (χ1n) is 21.2. The van der Waals surface area contributed by atoms with E-state index in [4.69, 9.17) is 0 Å². The summed E-state index contributed by atoms with van der Waals surface area (Å²) in [5.41, 5.74) is 18.4. The van der Waals surface area contributed by atoms with E-state index in [2.05, 4.69) is 236 Å². The van der Waals surface area contributed by atoms with Crippen LogP contribution in [-0.4, -0.2) is 0 Å². The molecule has 2 aliphatic rings. The summed E-state index contributed by atoms with van der Waals surface area (Å²) in [7, 11) is 0. The Labute approximate surface area is 358 Å². The van der Waals surface area contributed by atoms with Gasteiger partial charge in [-0.05, 0) is 132 Å². The molecule has 0 N–H and O–H groups in total. The van der Waals surface area contributed by atoms with Crippen LogP contribution in [0.4, 0.5) is 17.1 Å². The lowest BCUT2D eigenvalue weighted by atomic mass is 9.69. The number of fused-ring (bicyclic) bond motifs is 13. The highest BCUT2D eigenvalue weighted by atomic mass is 15.1. The first-order valence-corrected chi connectivity index (χ1v) is 21.2. The van der Waals surface area contributed by atoms with Gasteiger partial charge in [0, 0.05) is 17.1 Å². The van der Waals surface area contributed by atoms with Crippen molar-refractivity contribution in [2.45, 2.75) is 12.3 Å². The highest BCUT2D eigenvalue weighted by molar-refractivity contribution is 6.04. The van der Waals surface area contributed by atoms with E-state index in [1.807, 2.05) is 6.92 Å². The van der Waals surface area contributed by atoms with E-state index in [1.54, 1.807) is 6.08 Å². The molecular weight excluding hydrogens is 735 g/mol. The Kier molecular flexibility index (Phi) is 8.83. The summed E-state index contributed by atoms with van der Waals surface area (Å²) in [6.07, 6.45) is 1.75. The van der Waals surface area contributed by atoms with Crippen molar-refractivity contribution in [3.8, 4) is 44.5 Å². The van der Waals surface area contributed by atoms with Crippen molar-refractivity contribution >= 4 is 38.6 Å². The smallest absolute Gasteiger partial charge is 0.0732 e. The summed E-state index contributed by atoms with van der Waals surface area (Å²) in [6.45, 7) is 5.25. The van der Waals surface area contributed by atoms with Gasteiger partial charge in [0.15, 0.2) is 0 Å². The lowest BCUT2D eigenvalue weighted by Crippen LogP contribution is -2.26. The van der Waals surface area contributed by atoms with Gasteiger partial charge in [0.2, 0.25) is 0 Å². The Morgan fingerprint density at radius 2 is 0.820 bits per heavy atom. The third-order valence-electron chi connectivity index (χ3n) is 12.7. The summed E-state index contributed by atoms with van der Waals surface area (Å²) >= 11 is 0. The molecular formula is C60H43N. The van der Waals surface area contributed by atoms with Gasteiger partial charge in [-0.15, -0.1) is 6.58 Å². The van der Waals surface area contributed by atoms with Crippen LogP contribution in [0.2, 0.25) is 0 Å². The molecule has 0 fully saturated rings. The molecule has 1 spiro atoms. The van der Waals surface area contributed by atoms with Crippen molar-refractivity contribution in [3.05, 3.63) is 259 Å². The predicted octanol–water partition coefficient (Wildman–Crippen LogP) is 16.3. The number of benzene rings is 10. The molecule has 0 aliphatic heterocycles. The summed E-state index contributed by atoms with van der Waals surface area (Å²) in [4.78, 5) is 2.43. The molecule has 0 saturated heterocycles. The van der Waals surface area contributed by atoms with Gasteiger partial charge in [-0.1, -0.05) is 194 Å². The number of anilines is 3. The summed E-state index contributed by atoms with van der Waals surface area (Å²) in [6, 6.07) is 83.0. The van der Waals surface area contributed by atoms with E-state index in [0.29, 0.717) is 0 Å². The van der Waals surface area contributed by atoms with Gasteiger partial charge in [0.1, 0.15) is 0 Å². The van der Waals surface area contributed by atoms with Gasteiger partial charge in [0.25, 0.3) is 0 Å². The molecule has 10 aromatic carbocycles. The molecule has 1 atom stereocenters. The van der Waals surface area contributed by atoms with Crippen LogP contribution in [0.3, 0.4) is 0 Å². The van der Waals surface area contributed by atoms with Gasteiger partial charge in [0.05, 0.1) is 5.41 Å². The second-order valence-electron chi connectivity index (χ2n) is 16.0. The zero-order valence-corrected chi connectivity index (χ0v) is 34.1. The maximum Gasteiger partial charge on any atom is 0.0732 e. The molecule has 0 radical (unpaired) electrons. The summed E-state index contributed by atoms with van der Waals surface area (Å²) in [5.74, 6) is 0. The quantitative estimate of drug-likeness (QED) is 0.157. The third kappa shape index (κ3) is 5.69. The van der Waals surface area contributed by atoms with Crippen molar-refractivity contribution in [1.29, 1.82) is 0 Å². The Hall–Kier alpha value is -7.74. The normalized spacial score (nSPS) is 14.1. The first kappa shape index (κ1) is 36.3. The molecule has 1 nitrogen and oxygen atoms in total. The molecule has 0 aromatic heterocycles. The standard InChI is InChI=1S/C57H37N.C3H6/c1-2-13-38(14-3-1)39-25-30-43(31-26-39)58(44-32-27-42(28-33-44)47-22-12-17-40-15-4-6-18-46(40)47)45-34-36-51-49-20-8-10-23-53(49)57(55(51)37-45)54-24-11-9-21-50(54)52-35-29-41-16-5-7-19-48(41)56(52)57;1-3-2/h1-37H;3H,1H2,2H3. The monoisotopic (exact) mass is 777 g/mol. The minimum absolute atomic E-state index is 0.476. The second-order valence-corrected chi connectivity index (χ2v) is 16.0. The number of hydrogen-bond donors (Lipinski definition) is 0. The van der Waals surface area contributed by atoms with Gasteiger partial charge in [-0.25, -0.2) is 0 Å². The number of allylic oxidation sites excluding steroid dienone is 1. The van der Waals surface area contributed by atoms with Crippen molar-refractivity contribution in [3.63, 3.8) is 0 Å². The minimum Gasteiger partial charge on any atom is -0.310 e. The van der Waals surface area contributed by atoms with Gasteiger partial charge < -0.3 is 4.90 Å². The molecule has 0 heterocycles. The highest BCUT2D eigenvalue weighted by Crippen LogP contribution is 2.64. The van der Waals surface area contributed by atoms with Crippen LogP contribution in [0.25, 0.3) is 66.1 Å². The Morgan fingerprint density at radius 3 is 1.51 bits per heavy atom. The molecule has 288 valence electrons. The molecule has 0 bridgehead atoms. The van der Waals surface area contributed by atoms with Gasteiger partial charge in [-0.3, -0.25) is 0 Å². The first-order chi connectivity index (χ1) is 30.2. The lowest BCUT2D eigenvalue weighted by Gasteiger charge is -2.33. The average molecular weight is 778 g/mol. The van der Waals surface area contributed by atoms with Crippen LogP contribution < -0.4 is 4.90 Å². The van der Waals surface area contributed by atoms with E-state index < -0.39 is 5.41 Å². The predicted molar refractivity (Wildman–Crippen MR) is 259 cm³/mol. The molecule has 0 saturated carbocycles. The van der Waals surface area contributed by atoms with Crippen LogP contribution >= 0.6 is 0 Å². The fourth-order valence-corrected chi connectivity index (χ4v) is 10.2. The van der Waals surface area contributed by atoms with Crippen LogP contribution in [-0.2, 0) is 5.41 Å². The molecule has 12 rings (SSSR count). The van der Waals surface area contributed by atoms with Crippen LogP contribution in [0, 0.1) is 0 Å². The number of hydrogen-bond acceptors (Lipinski definition) is 1. The fourth-order valence-electron chi connectivity index (χ4n) is 10.2. The highest BCUT2D eigenvalue weighted by Gasteiger charge is 2.52. The molecule has 1 heteroatoms. The fraction of sp³-hybridized carbons (Fsp3) is 0.0333. The van der Waals surface area contributed by atoms with Crippen LogP contribution in [0.5, 0.6) is 0 Å². The zero-order valence-electron chi connectivity index (χ0n) is 34.1. The van der Waals surface area contributed by atoms with E-state index >= 15 is 0 Å². The summed E-state index contributed by atoms with van der Waals surface area (Å²) in [5, 5.41) is 5.09. The Balaban J connectivity index is 0.00000136. The largest absolute Gasteiger partial charge is 0.310 e. The number of rotatable bonds is 5. The molecule has 1 unspecified atom stereocenters. The van der Waals surface area contributed by atoms with Crippen molar-refractivity contribution in [2.24, 2.45) is 0 Å². The topological polar surface area (TPSA) is 3.24 Å². The SMILES string of the molecule is C=CC.c1ccc(-c2ccc(N(c3ccc(-c4cccc5ccccc45)cc3)c3ccc4c(c3)C3(c5ccccc5-4)c4ccccc4-c4ccc5ccccc5c43)cc2)cc1. The number of nitrogens with zero attached hydrogens (tertiary/aromatic N) is 1. The zero-order chi connectivity index (χ0) is 40.9. The van der Waals surface area contributed by atoms with E-state index in [-0.39, 0.29) is 0 Å². The van der Waals surface area contributed by atoms with E-state index in [0.717, 1.165) is 17.1 Å². The third-order valence-corrected chi connectivity index (χ3v) is 12.7. The molecule has 2 aliphatic carbocycles. The maximum absolute atomic E-state index is 3.36. The summed E-state index contributed by atoms with van der Waals surface area (Å²) < 4.78 is 0. The van der Waals surface area contributed by atoms with Gasteiger partial charge >= 0.3 is 0 Å². The Bertz CT molecular complexity index is 3250. The lowest BCUT2D eigenvalue weighted by molar-refractivity contribution is 0.801. The minimum atomic E-state index is -0.476. The van der Waals surface area contributed by atoms with Gasteiger partial charge in [-0.2, -0.15) is 0 Å². The van der Waals surface area contributed by atoms with Crippen LogP contribution in [0.1, 0.15) is 29.2 Å². The molecule has 0 amide bonds. The molecule has 61 heavy (non-hydrogen) atoms. The average Bonchev–Trinajstić information content (AvgIpc) is 3.80. The van der Waals surface area contributed by atoms with E-state index in [9.17, 15) is 0 Å². The second kappa shape index (κ2) is 14.8. The molecule has 10 aromatic rings.